The van der Waals surface area contributed by atoms with Gasteiger partial charge >= 0.3 is 5.97 Å². The lowest BCUT2D eigenvalue weighted by atomic mass is 10.0. The van der Waals surface area contributed by atoms with Gasteiger partial charge < -0.3 is 4.74 Å². The van der Waals surface area contributed by atoms with Gasteiger partial charge in [-0.25, -0.2) is 0 Å². The fraction of sp³-hybridized carbons (Fsp3) is 0.950. The number of hydrogen-bond donors (Lipinski definition) is 0. The van der Waals surface area contributed by atoms with Crippen molar-refractivity contribution >= 4 is 21.9 Å². The summed E-state index contributed by atoms with van der Waals surface area (Å²) in [6, 6.07) is 0. The average Bonchev–Trinajstić information content (AvgIpc) is 2.46. The van der Waals surface area contributed by atoms with Gasteiger partial charge in [0.25, 0.3) is 0 Å². The van der Waals surface area contributed by atoms with Gasteiger partial charge in [0.05, 0.1) is 0 Å². The van der Waals surface area contributed by atoms with Gasteiger partial charge in [-0.1, -0.05) is 99.9 Å². The van der Waals surface area contributed by atoms with Crippen molar-refractivity contribution in [2.45, 2.75) is 122 Å². The first-order valence-electron chi connectivity index (χ1n) is 9.73. The predicted octanol–water partition coefficient (Wildman–Crippen LogP) is 7.18. The number of rotatable bonds is 14. The van der Waals surface area contributed by atoms with Crippen molar-refractivity contribution in [2.75, 3.05) is 0 Å². The smallest absolute Gasteiger partial charge is 0.320 e. The molecule has 0 aromatic rings. The van der Waals surface area contributed by atoms with Crippen LogP contribution in [0.1, 0.15) is 111 Å². The Hall–Kier alpha value is -0.0500. The van der Waals surface area contributed by atoms with Crippen molar-refractivity contribution in [1.29, 1.82) is 0 Å². The maximum absolute atomic E-state index is 11.8. The molecule has 0 saturated carbocycles. The first kappa shape index (κ1) is 22.9. The summed E-state index contributed by atoms with van der Waals surface area (Å²) in [7, 11) is 0. The van der Waals surface area contributed by atoms with Crippen LogP contribution in [0.4, 0.5) is 0 Å². The van der Waals surface area contributed by atoms with Crippen LogP contribution >= 0.6 is 15.9 Å². The highest BCUT2D eigenvalue weighted by atomic mass is 79.9. The third-order valence-corrected chi connectivity index (χ3v) is 4.81. The minimum Gasteiger partial charge on any atom is -0.459 e. The molecular formula is C20H39BrO2. The predicted molar refractivity (Wildman–Crippen MR) is 104 cm³/mol. The summed E-state index contributed by atoms with van der Waals surface area (Å²) in [4.78, 5) is 11.7. The lowest BCUT2D eigenvalue weighted by Gasteiger charge is -2.21. The van der Waals surface area contributed by atoms with Gasteiger partial charge in [-0.05, 0) is 27.2 Å². The summed E-state index contributed by atoms with van der Waals surface area (Å²) in [5.74, 6) is -0.124. The molecule has 3 heteroatoms. The molecule has 1 atom stereocenters. The van der Waals surface area contributed by atoms with Gasteiger partial charge in [-0.2, -0.15) is 0 Å². The Kier molecular flexibility index (Phi) is 14.3. The van der Waals surface area contributed by atoms with Crippen molar-refractivity contribution < 1.29 is 9.53 Å². The summed E-state index contributed by atoms with van der Waals surface area (Å²) in [6.45, 7) is 8.00. The molecule has 0 aliphatic heterocycles. The number of carbonyl (C=O) groups excluding carboxylic acids is 1. The van der Waals surface area contributed by atoms with Crippen molar-refractivity contribution in [3.8, 4) is 0 Å². The van der Waals surface area contributed by atoms with E-state index in [1.165, 1.54) is 70.6 Å². The average molecular weight is 391 g/mol. The van der Waals surface area contributed by atoms with Crippen LogP contribution in [-0.2, 0) is 9.53 Å². The third-order valence-electron chi connectivity index (χ3n) is 3.97. The van der Waals surface area contributed by atoms with E-state index in [0.29, 0.717) is 0 Å². The molecule has 0 heterocycles. The Morgan fingerprint density at radius 1 is 0.826 bits per heavy atom. The molecule has 0 amide bonds. The quantitative estimate of drug-likeness (QED) is 0.178. The van der Waals surface area contributed by atoms with Crippen LogP contribution in [0.3, 0.4) is 0 Å². The van der Waals surface area contributed by atoms with Gasteiger partial charge in [0, 0.05) is 0 Å². The lowest BCUT2D eigenvalue weighted by molar-refractivity contribution is -0.154. The maximum Gasteiger partial charge on any atom is 0.320 e. The summed E-state index contributed by atoms with van der Waals surface area (Å²) < 4.78 is 5.37. The van der Waals surface area contributed by atoms with Gasteiger partial charge in [0.1, 0.15) is 10.4 Å². The van der Waals surface area contributed by atoms with Crippen LogP contribution < -0.4 is 0 Å². The molecule has 23 heavy (non-hydrogen) atoms. The van der Waals surface area contributed by atoms with E-state index in [9.17, 15) is 4.79 Å². The van der Waals surface area contributed by atoms with E-state index in [1.807, 2.05) is 20.8 Å². The first-order valence-corrected chi connectivity index (χ1v) is 10.7. The molecule has 0 aromatic heterocycles. The van der Waals surface area contributed by atoms with Gasteiger partial charge in [0.15, 0.2) is 0 Å². The van der Waals surface area contributed by atoms with Crippen LogP contribution in [-0.4, -0.2) is 16.4 Å². The second kappa shape index (κ2) is 14.3. The van der Waals surface area contributed by atoms with Gasteiger partial charge in [-0.3, -0.25) is 4.79 Å². The SMILES string of the molecule is CCCCCCCCCCCCCCC(Br)C(=O)OC(C)(C)C. The minimum absolute atomic E-state index is 0.124. The minimum atomic E-state index is -0.389. The van der Waals surface area contributed by atoms with E-state index in [4.69, 9.17) is 4.74 Å². The van der Waals surface area contributed by atoms with Gasteiger partial charge in [0.2, 0.25) is 0 Å². The fourth-order valence-electron chi connectivity index (χ4n) is 2.65. The number of hydrogen-bond acceptors (Lipinski definition) is 2. The van der Waals surface area contributed by atoms with Crippen LogP contribution in [0.25, 0.3) is 0 Å². The van der Waals surface area contributed by atoms with Crippen LogP contribution in [0.15, 0.2) is 0 Å². The number of ether oxygens (including phenoxy) is 1. The Balaban J connectivity index is 3.34. The van der Waals surface area contributed by atoms with Crippen molar-refractivity contribution in [3.63, 3.8) is 0 Å². The largest absolute Gasteiger partial charge is 0.459 e. The number of alkyl halides is 1. The summed E-state index contributed by atoms with van der Waals surface area (Å²) in [5, 5.41) is 0. The molecule has 0 aliphatic rings. The standard InChI is InChI=1S/C20H39BrO2/c1-5-6-7-8-9-10-11-12-13-14-15-16-17-18(21)19(22)23-20(2,3)4/h18H,5-17H2,1-4H3. The van der Waals surface area contributed by atoms with Gasteiger partial charge in [-0.15, -0.1) is 0 Å². The van der Waals surface area contributed by atoms with E-state index in [-0.39, 0.29) is 16.4 Å². The molecule has 0 aliphatic carbocycles. The zero-order chi connectivity index (χ0) is 17.6. The highest BCUT2D eigenvalue weighted by molar-refractivity contribution is 9.10. The van der Waals surface area contributed by atoms with E-state index >= 15 is 0 Å². The topological polar surface area (TPSA) is 26.3 Å². The molecular weight excluding hydrogens is 352 g/mol. The normalized spacial score (nSPS) is 13.1. The van der Waals surface area contributed by atoms with Crippen LogP contribution in [0.2, 0.25) is 0 Å². The highest BCUT2D eigenvalue weighted by Crippen LogP contribution is 2.18. The number of carbonyl (C=O) groups is 1. The van der Waals surface area contributed by atoms with Crippen molar-refractivity contribution in [3.05, 3.63) is 0 Å². The maximum atomic E-state index is 11.8. The Bertz CT molecular complexity index is 284. The Labute approximate surface area is 153 Å². The van der Waals surface area contributed by atoms with Crippen LogP contribution in [0.5, 0.6) is 0 Å². The van der Waals surface area contributed by atoms with E-state index in [0.717, 1.165) is 12.8 Å². The molecule has 0 fully saturated rings. The third kappa shape index (κ3) is 16.6. The second-order valence-corrected chi connectivity index (χ2v) is 8.78. The molecule has 0 saturated heterocycles. The lowest BCUT2D eigenvalue weighted by Crippen LogP contribution is -2.28. The van der Waals surface area contributed by atoms with E-state index in [1.54, 1.807) is 0 Å². The number of halogens is 1. The summed E-state index contributed by atoms with van der Waals surface area (Å²) in [5.41, 5.74) is -0.389. The zero-order valence-corrected chi connectivity index (χ0v) is 17.6. The molecule has 138 valence electrons. The number of unbranched alkanes of at least 4 members (excludes halogenated alkanes) is 11. The molecule has 2 nitrogen and oxygen atoms in total. The van der Waals surface area contributed by atoms with Crippen LogP contribution in [0, 0.1) is 0 Å². The van der Waals surface area contributed by atoms with E-state index in [2.05, 4.69) is 22.9 Å². The molecule has 0 spiro atoms. The molecule has 1 unspecified atom stereocenters. The number of esters is 1. The molecule has 0 rings (SSSR count). The molecule has 0 N–H and O–H groups in total. The molecule has 0 aromatic carbocycles. The summed E-state index contributed by atoms with van der Waals surface area (Å²) in [6.07, 6.45) is 17.0. The summed E-state index contributed by atoms with van der Waals surface area (Å²) >= 11 is 3.45. The second-order valence-electron chi connectivity index (χ2n) is 7.68. The fourth-order valence-corrected chi connectivity index (χ4v) is 3.07. The zero-order valence-electron chi connectivity index (χ0n) is 16.0. The molecule has 0 bridgehead atoms. The molecule has 0 radical (unpaired) electrons. The monoisotopic (exact) mass is 390 g/mol. The van der Waals surface area contributed by atoms with Crippen molar-refractivity contribution in [1.82, 2.24) is 0 Å². The highest BCUT2D eigenvalue weighted by Gasteiger charge is 2.22. The Morgan fingerprint density at radius 2 is 1.22 bits per heavy atom. The Morgan fingerprint density at radius 3 is 1.61 bits per heavy atom. The first-order chi connectivity index (χ1) is 10.9. The van der Waals surface area contributed by atoms with Crippen molar-refractivity contribution in [2.24, 2.45) is 0 Å². The van der Waals surface area contributed by atoms with E-state index < -0.39 is 0 Å².